The maximum atomic E-state index is 8.44. The molecule has 0 spiro atoms. The number of hydrogen-bond donors (Lipinski definition) is 0. The lowest BCUT2D eigenvalue weighted by Crippen LogP contribution is -1.84. The van der Waals surface area contributed by atoms with E-state index in [0.29, 0.717) is 0 Å². The summed E-state index contributed by atoms with van der Waals surface area (Å²) in [7, 11) is 0. The highest BCUT2D eigenvalue weighted by Crippen LogP contribution is 2.37. The van der Waals surface area contributed by atoms with E-state index >= 15 is 0 Å². The first kappa shape index (κ1) is 6.32. The summed E-state index contributed by atoms with van der Waals surface area (Å²) >= 11 is 0. The van der Waals surface area contributed by atoms with Crippen molar-refractivity contribution in [3.05, 3.63) is 30.1 Å². The molecule has 0 aliphatic carbocycles. The van der Waals surface area contributed by atoms with E-state index < -0.39 is 0 Å². The van der Waals surface area contributed by atoms with Crippen LogP contribution in [-0.4, -0.2) is 11.1 Å². The van der Waals surface area contributed by atoms with E-state index in [-0.39, 0.29) is 12.2 Å². The molecular weight excluding hydrogens is 140 g/mol. The van der Waals surface area contributed by atoms with Crippen LogP contribution in [0.2, 0.25) is 0 Å². The molecule has 1 aliphatic rings. The van der Waals surface area contributed by atoms with Gasteiger partial charge in [-0.1, -0.05) is 6.07 Å². The van der Waals surface area contributed by atoms with E-state index in [4.69, 9.17) is 10.00 Å². The number of hydrogen-bond acceptors (Lipinski definition) is 3. The van der Waals surface area contributed by atoms with Crippen molar-refractivity contribution in [3.63, 3.8) is 0 Å². The normalized spacial score (nSPS) is 27.5. The van der Waals surface area contributed by atoms with E-state index in [1.807, 2.05) is 18.2 Å². The lowest BCUT2D eigenvalue weighted by atomic mass is 10.2. The van der Waals surface area contributed by atoms with E-state index in [9.17, 15) is 0 Å². The van der Waals surface area contributed by atoms with Crippen molar-refractivity contribution in [2.75, 3.05) is 0 Å². The molecule has 2 atom stereocenters. The molecule has 0 saturated carbocycles. The van der Waals surface area contributed by atoms with Gasteiger partial charge in [0.25, 0.3) is 0 Å². The summed E-state index contributed by atoms with van der Waals surface area (Å²) in [4.78, 5) is 3.93. The highest BCUT2D eigenvalue weighted by Gasteiger charge is 2.40. The summed E-state index contributed by atoms with van der Waals surface area (Å²) in [6, 6.07) is 5.79. The number of rotatable bonds is 1. The van der Waals surface area contributed by atoms with Crippen LogP contribution < -0.4 is 0 Å². The van der Waals surface area contributed by atoms with Gasteiger partial charge in [0.05, 0.1) is 6.07 Å². The Morgan fingerprint density at radius 1 is 1.64 bits per heavy atom. The number of aromatic nitrogens is 1. The number of pyridine rings is 1. The number of ether oxygens (including phenoxy) is 1. The van der Waals surface area contributed by atoms with Crippen LogP contribution in [0.15, 0.2) is 24.5 Å². The van der Waals surface area contributed by atoms with Crippen molar-refractivity contribution < 1.29 is 4.74 Å². The van der Waals surface area contributed by atoms with Crippen LogP contribution in [0.5, 0.6) is 0 Å². The molecule has 0 bridgehead atoms. The predicted octanol–water partition coefficient (Wildman–Crippen LogP) is 1.05. The molecule has 1 fully saturated rings. The van der Waals surface area contributed by atoms with Gasteiger partial charge in [0.15, 0.2) is 6.10 Å². The molecule has 0 amide bonds. The molecule has 1 aromatic rings. The third-order valence-corrected chi connectivity index (χ3v) is 1.63. The molecule has 1 aromatic heterocycles. The molecule has 0 N–H and O–H groups in total. The van der Waals surface area contributed by atoms with Crippen molar-refractivity contribution in [2.24, 2.45) is 0 Å². The summed E-state index contributed by atoms with van der Waals surface area (Å²) in [6.45, 7) is 0. The average molecular weight is 146 g/mol. The summed E-state index contributed by atoms with van der Waals surface area (Å²) in [5, 5.41) is 8.44. The van der Waals surface area contributed by atoms with Crippen LogP contribution in [0.1, 0.15) is 11.7 Å². The summed E-state index contributed by atoms with van der Waals surface area (Å²) in [6.07, 6.45) is 3.14. The Hall–Kier alpha value is -1.40. The topological polar surface area (TPSA) is 49.2 Å². The fourth-order valence-corrected chi connectivity index (χ4v) is 1.01. The van der Waals surface area contributed by atoms with Crippen molar-refractivity contribution in [3.8, 4) is 6.07 Å². The first-order valence-corrected chi connectivity index (χ1v) is 3.37. The van der Waals surface area contributed by atoms with Gasteiger partial charge >= 0.3 is 0 Å². The molecule has 1 saturated heterocycles. The highest BCUT2D eigenvalue weighted by atomic mass is 16.6. The molecule has 1 aliphatic heterocycles. The lowest BCUT2D eigenvalue weighted by molar-refractivity contribution is 0.396. The van der Waals surface area contributed by atoms with E-state index in [1.165, 1.54) is 0 Å². The second-order valence-electron chi connectivity index (χ2n) is 2.39. The Kier molecular flexibility index (Phi) is 1.34. The zero-order valence-electron chi connectivity index (χ0n) is 5.77. The Balaban J connectivity index is 2.16. The molecular formula is C8H6N2O. The van der Waals surface area contributed by atoms with Gasteiger partial charge in [-0.25, -0.2) is 0 Å². The molecule has 11 heavy (non-hydrogen) atoms. The lowest BCUT2D eigenvalue weighted by Gasteiger charge is -1.89. The Labute approximate surface area is 64.2 Å². The molecule has 0 unspecified atom stereocenters. The Morgan fingerprint density at radius 2 is 2.55 bits per heavy atom. The smallest absolute Gasteiger partial charge is 0.175 e. The largest absolute Gasteiger partial charge is 0.348 e. The minimum Gasteiger partial charge on any atom is -0.348 e. The molecule has 0 radical (unpaired) electrons. The van der Waals surface area contributed by atoms with Crippen LogP contribution in [-0.2, 0) is 4.74 Å². The quantitative estimate of drug-likeness (QED) is 0.556. The van der Waals surface area contributed by atoms with Gasteiger partial charge in [0.2, 0.25) is 0 Å². The summed E-state index contributed by atoms with van der Waals surface area (Å²) in [5.74, 6) is 0. The van der Waals surface area contributed by atoms with Crippen molar-refractivity contribution in [1.82, 2.24) is 4.98 Å². The molecule has 3 heteroatoms. The van der Waals surface area contributed by atoms with Gasteiger partial charge < -0.3 is 4.74 Å². The highest BCUT2D eigenvalue weighted by molar-refractivity contribution is 5.22. The van der Waals surface area contributed by atoms with Gasteiger partial charge in [-0.15, -0.1) is 0 Å². The van der Waals surface area contributed by atoms with Crippen LogP contribution in [0.4, 0.5) is 0 Å². The van der Waals surface area contributed by atoms with E-state index in [0.717, 1.165) is 5.56 Å². The molecule has 0 aromatic carbocycles. The summed E-state index contributed by atoms with van der Waals surface area (Å²) < 4.78 is 5.05. The number of nitriles is 1. The van der Waals surface area contributed by atoms with Crippen molar-refractivity contribution in [1.29, 1.82) is 5.26 Å². The van der Waals surface area contributed by atoms with Gasteiger partial charge in [0, 0.05) is 18.0 Å². The first-order valence-electron chi connectivity index (χ1n) is 3.37. The average Bonchev–Trinajstić information content (AvgIpc) is 2.85. The molecule has 2 rings (SSSR count). The maximum Gasteiger partial charge on any atom is 0.175 e. The first-order chi connectivity index (χ1) is 5.42. The number of nitrogens with zero attached hydrogens (tertiary/aromatic N) is 2. The van der Waals surface area contributed by atoms with Crippen LogP contribution >= 0.6 is 0 Å². The molecule has 3 nitrogen and oxygen atoms in total. The van der Waals surface area contributed by atoms with Gasteiger partial charge in [-0.2, -0.15) is 5.26 Å². The Bertz CT molecular complexity index is 291. The maximum absolute atomic E-state index is 8.44. The standard InChI is InChI=1S/C8H6N2O/c9-4-7-8(11-7)6-2-1-3-10-5-6/h1-3,5,7-8H/t7-,8-/m1/s1. The van der Waals surface area contributed by atoms with Crippen LogP contribution in [0, 0.1) is 11.3 Å². The van der Waals surface area contributed by atoms with E-state index in [2.05, 4.69) is 4.98 Å². The van der Waals surface area contributed by atoms with Crippen molar-refractivity contribution in [2.45, 2.75) is 12.2 Å². The van der Waals surface area contributed by atoms with Crippen molar-refractivity contribution >= 4 is 0 Å². The third-order valence-electron chi connectivity index (χ3n) is 1.63. The zero-order chi connectivity index (χ0) is 7.68. The minimum atomic E-state index is -0.251. The van der Waals surface area contributed by atoms with E-state index in [1.54, 1.807) is 12.4 Å². The fourth-order valence-electron chi connectivity index (χ4n) is 1.01. The van der Waals surface area contributed by atoms with Crippen LogP contribution in [0.25, 0.3) is 0 Å². The Morgan fingerprint density at radius 3 is 3.09 bits per heavy atom. The van der Waals surface area contributed by atoms with Crippen LogP contribution in [0.3, 0.4) is 0 Å². The second kappa shape index (κ2) is 2.33. The molecule has 54 valence electrons. The molecule has 2 heterocycles. The second-order valence-corrected chi connectivity index (χ2v) is 2.39. The van der Waals surface area contributed by atoms with Gasteiger partial charge in [-0.05, 0) is 6.07 Å². The fraction of sp³-hybridized carbons (Fsp3) is 0.250. The van der Waals surface area contributed by atoms with Gasteiger partial charge in [0.1, 0.15) is 6.10 Å². The predicted molar refractivity (Wildman–Crippen MR) is 37.5 cm³/mol. The third kappa shape index (κ3) is 1.08. The minimum absolute atomic E-state index is 0.0336. The SMILES string of the molecule is N#C[C@H]1O[C@@H]1c1cccnc1. The summed E-state index contributed by atoms with van der Waals surface area (Å²) in [5.41, 5.74) is 0.985. The van der Waals surface area contributed by atoms with Gasteiger partial charge in [-0.3, -0.25) is 4.98 Å². The number of epoxide rings is 1. The zero-order valence-corrected chi connectivity index (χ0v) is 5.77. The monoisotopic (exact) mass is 146 g/mol.